The van der Waals surface area contributed by atoms with E-state index in [1.165, 1.54) is 5.56 Å². The van der Waals surface area contributed by atoms with Crippen molar-refractivity contribution in [1.29, 1.82) is 0 Å². The van der Waals surface area contributed by atoms with Crippen LogP contribution in [0.4, 0.5) is 5.69 Å². The van der Waals surface area contributed by atoms with Crippen LogP contribution >= 0.6 is 24.0 Å². The minimum Gasteiger partial charge on any atom is -0.492 e. The molecule has 3 aromatic carbocycles. The van der Waals surface area contributed by atoms with Crippen molar-refractivity contribution in [3.8, 4) is 11.5 Å². The number of amides is 2. The Morgan fingerprint density at radius 1 is 0.960 bits per heavy atom. The molecule has 0 unspecified atom stereocenters. The number of methoxy groups -OCH3 is 1. The minimum atomic E-state index is -0.991. The van der Waals surface area contributed by atoms with Gasteiger partial charge in [-0.15, -0.1) is 12.4 Å². The van der Waals surface area contributed by atoms with Crippen LogP contribution in [0.15, 0.2) is 66.7 Å². The third-order valence-corrected chi connectivity index (χ3v) is 9.25. The second kappa shape index (κ2) is 18.8. The second-order valence-corrected chi connectivity index (χ2v) is 14.7. The summed E-state index contributed by atoms with van der Waals surface area (Å²) in [6, 6.07) is 21.8. The molecule has 1 saturated heterocycles. The molecule has 0 saturated carbocycles. The van der Waals surface area contributed by atoms with E-state index in [-0.39, 0.29) is 36.1 Å². The molecule has 8 nitrogen and oxygen atoms in total. The molecule has 2 aliphatic heterocycles. The topological polar surface area (TPSA) is 80.3 Å². The largest absolute Gasteiger partial charge is 0.492 e. The second-order valence-electron chi connectivity index (χ2n) is 14.3. The molecule has 272 valence electrons. The molecule has 2 heterocycles. The SMILES string of the molecule is COc1c(OCCCNCCCc2ccccc2)cccc1[C@@H]1O[C@@H](CC(=O)N2CCCCC2)C(=O)N(CC(C)(C)C)c2ccc(Cl)cc21.Cl. The van der Waals surface area contributed by atoms with Crippen molar-refractivity contribution < 1.29 is 23.8 Å². The number of ether oxygens (including phenoxy) is 3. The molecule has 50 heavy (non-hydrogen) atoms. The third kappa shape index (κ3) is 10.6. The van der Waals surface area contributed by atoms with Crippen molar-refractivity contribution in [3.63, 3.8) is 0 Å². The summed E-state index contributed by atoms with van der Waals surface area (Å²) >= 11 is 6.61. The zero-order valence-electron chi connectivity index (χ0n) is 29.9. The lowest BCUT2D eigenvalue weighted by Gasteiger charge is -2.32. The van der Waals surface area contributed by atoms with Gasteiger partial charge < -0.3 is 29.3 Å². The van der Waals surface area contributed by atoms with Gasteiger partial charge in [0.05, 0.1) is 20.1 Å². The number of aryl methyl sites for hydroxylation is 1. The van der Waals surface area contributed by atoms with Gasteiger partial charge in [-0.25, -0.2) is 0 Å². The monoisotopic (exact) mass is 725 g/mol. The Balaban J connectivity index is 0.00000562. The zero-order chi connectivity index (χ0) is 34.8. The minimum absolute atomic E-state index is 0. The van der Waals surface area contributed by atoms with Crippen LogP contribution in [-0.4, -0.2) is 69.3 Å². The molecule has 1 N–H and O–H groups in total. The zero-order valence-corrected chi connectivity index (χ0v) is 31.5. The van der Waals surface area contributed by atoms with Crippen LogP contribution in [-0.2, 0) is 20.7 Å². The fourth-order valence-corrected chi connectivity index (χ4v) is 6.83. The first kappa shape index (κ1) is 39.5. The highest BCUT2D eigenvalue weighted by molar-refractivity contribution is 6.30. The summed E-state index contributed by atoms with van der Waals surface area (Å²) in [5.41, 5.74) is 3.31. The van der Waals surface area contributed by atoms with E-state index >= 15 is 0 Å². The molecule has 2 atom stereocenters. The summed E-state index contributed by atoms with van der Waals surface area (Å²) in [6.45, 7) is 10.4. The number of halogens is 2. The van der Waals surface area contributed by atoms with E-state index < -0.39 is 12.2 Å². The van der Waals surface area contributed by atoms with E-state index in [0.717, 1.165) is 57.2 Å². The van der Waals surface area contributed by atoms with Gasteiger partial charge in [0, 0.05) is 41.5 Å². The van der Waals surface area contributed by atoms with Crippen molar-refractivity contribution in [1.82, 2.24) is 10.2 Å². The molecule has 0 aromatic heterocycles. The molecule has 0 radical (unpaired) electrons. The van der Waals surface area contributed by atoms with Gasteiger partial charge in [0.1, 0.15) is 12.2 Å². The summed E-state index contributed by atoms with van der Waals surface area (Å²) in [5.74, 6) is 0.842. The molecule has 5 rings (SSSR count). The van der Waals surface area contributed by atoms with Crippen LogP contribution in [0.25, 0.3) is 0 Å². The number of anilines is 1. The van der Waals surface area contributed by atoms with E-state index in [1.54, 1.807) is 18.1 Å². The predicted octanol–water partition coefficient (Wildman–Crippen LogP) is 8.03. The molecular weight excluding hydrogens is 673 g/mol. The van der Waals surface area contributed by atoms with E-state index in [2.05, 4.69) is 50.4 Å². The van der Waals surface area contributed by atoms with E-state index in [1.807, 2.05) is 41.3 Å². The molecular formula is C40H53Cl2N3O5. The Morgan fingerprint density at radius 3 is 2.42 bits per heavy atom. The normalized spacial score (nSPS) is 17.8. The number of likely N-dealkylation sites (tertiary alicyclic amines) is 1. The summed E-state index contributed by atoms with van der Waals surface area (Å²) in [5, 5.41) is 4.04. The number of nitrogens with one attached hydrogen (secondary N) is 1. The van der Waals surface area contributed by atoms with E-state index in [0.29, 0.717) is 54.0 Å². The van der Waals surface area contributed by atoms with Crippen molar-refractivity contribution in [2.24, 2.45) is 5.41 Å². The Morgan fingerprint density at radius 2 is 1.70 bits per heavy atom. The highest BCUT2D eigenvalue weighted by Crippen LogP contribution is 2.46. The standard InChI is InChI=1S/C40H52ClN3O5.ClH/c1-40(2,3)28-44-33-20-19-30(41)26-32(33)37(49-35(39(44)46)27-36(45)43-23-9-6-10-24-43)31-17-11-18-34(38(31)47-4)48-25-13-22-42-21-12-16-29-14-7-5-8-15-29;/h5,7-8,11,14-15,17-20,26,35,37,42H,6,9-10,12-13,16,21-25,27-28H2,1-4H3;1H/t35-,37-;/m0./s1. The number of rotatable bonds is 14. The molecule has 0 aliphatic carbocycles. The van der Waals surface area contributed by atoms with Crippen LogP contribution < -0.4 is 19.7 Å². The quantitative estimate of drug-likeness (QED) is 0.170. The van der Waals surface area contributed by atoms with Gasteiger partial charge in [-0.1, -0.05) is 74.8 Å². The van der Waals surface area contributed by atoms with Gasteiger partial charge in [0.2, 0.25) is 5.91 Å². The number of piperidine rings is 1. The lowest BCUT2D eigenvalue weighted by Crippen LogP contribution is -2.46. The molecule has 0 spiro atoms. The maximum Gasteiger partial charge on any atom is 0.256 e. The number of hydrogen-bond acceptors (Lipinski definition) is 6. The first-order valence-corrected chi connectivity index (χ1v) is 18.1. The Kier molecular flexibility index (Phi) is 14.8. The maximum absolute atomic E-state index is 14.4. The predicted molar refractivity (Wildman–Crippen MR) is 203 cm³/mol. The summed E-state index contributed by atoms with van der Waals surface area (Å²) in [6.07, 6.45) is 4.27. The van der Waals surface area contributed by atoms with Crippen molar-refractivity contribution in [3.05, 3.63) is 88.4 Å². The molecule has 1 fully saturated rings. The van der Waals surface area contributed by atoms with Crippen molar-refractivity contribution in [2.75, 3.05) is 51.3 Å². The van der Waals surface area contributed by atoms with E-state index in [9.17, 15) is 9.59 Å². The van der Waals surface area contributed by atoms with Gasteiger partial charge in [-0.05, 0) is 86.9 Å². The lowest BCUT2D eigenvalue weighted by molar-refractivity contribution is -0.143. The average molecular weight is 727 g/mol. The molecule has 2 aliphatic rings. The highest BCUT2D eigenvalue weighted by Gasteiger charge is 2.40. The van der Waals surface area contributed by atoms with Crippen LogP contribution in [0.3, 0.4) is 0 Å². The third-order valence-electron chi connectivity index (χ3n) is 9.02. The van der Waals surface area contributed by atoms with Crippen LogP contribution in [0.1, 0.15) is 82.1 Å². The van der Waals surface area contributed by atoms with Gasteiger partial charge >= 0.3 is 0 Å². The Bertz CT molecular complexity index is 1540. The molecule has 10 heteroatoms. The number of carbonyl (C=O) groups excluding carboxylic acids is 2. The average Bonchev–Trinajstić information content (AvgIpc) is 3.19. The number of fused-ring (bicyclic) bond motifs is 1. The number of hydrogen-bond donors (Lipinski definition) is 1. The summed E-state index contributed by atoms with van der Waals surface area (Å²) < 4.78 is 19.0. The van der Waals surface area contributed by atoms with Gasteiger partial charge in [-0.2, -0.15) is 0 Å². The van der Waals surface area contributed by atoms with Gasteiger partial charge in [0.25, 0.3) is 5.91 Å². The first-order chi connectivity index (χ1) is 23.6. The van der Waals surface area contributed by atoms with Crippen LogP contribution in [0, 0.1) is 5.41 Å². The lowest BCUT2D eigenvalue weighted by atomic mass is 9.94. The Hall–Kier alpha value is -3.30. The maximum atomic E-state index is 14.4. The van der Waals surface area contributed by atoms with Gasteiger partial charge in [-0.3, -0.25) is 9.59 Å². The molecule has 2 amide bonds. The molecule has 3 aromatic rings. The number of nitrogens with zero attached hydrogens (tertiary/aromatic N) is 2. The van der Waals surface area contributed by atoms with Crippen molar-refractivity contribution in [2.45, 2.75) is 77.9 Å². The fraction of sp³-hybridized carbons (Fsp3) is 0.500. The summed E-state index contributed by atoms with van der Waals surface area (Å²) in [4.78, 5) is 31.6. The fourth-order valence-electron chi connectivity index (χ4n) is 6.65. The van der Waals surface area contributed by atoms with Crippen LogP contribution in [0.5, 0.6) is 11.5 Å². The summed E-state index contributed by atoms with van der Waals surface area (Å²) in [7, 11) is 1.62. The first-order valence-electron chi connectivity index (χ1n) is 17.7. The van der Waals surface area contributed by atoms with Crippen LogP contribution in [0.2, 0.25) is 5.02 Å². The number of carbonyl (C=O) groups is 2. The number of para-hydroxylation sites is 1. The smallest absolute Gasteiger partial charge is 0.256 e. The number of benzene rings is 3. The Labute approximate surface area is 309 Å². The van der Waals surface area contributed by atoms with E-state index in [4.69, 9.17) is 25.8 Å². The van der Waals surface area contributed by atoms with Crippen molar-refractivity contribution >= 4 is 41.5 Å². The molecule has 0 bridgehead atoms. The van der Waals surface area contributed by atoms with Gasteiger partial charge in [0.15, 0.2) is 11.5 Å². The highest BCUT2D eigenvalue weighted by atomic mass is 35.5.